The molecule has 8 nitrogen and oxygen atoms in total. The van der Waals surface area contributed by atoms with Gasteiger partial charge in [-0.25, -0.2) is 8.42 Å². The molecule has 0 spiro atoms. The Labute approximate surface area is 257 Å². The number of halogens is 2. The third-order valence-electron chi connectivity index (χ3n) is 7.44. The molecule has 3 aromatic carbocycles. The first-order chi connectivity index (χ1) is 20.1. The third kappa shape index (κ3) is 7.56. The Bertz CT molecular complexity index is 1500. The van der Waals surface area contributed by atoms with Gasteiger partial charge in [-0.05, 0) is 61.7 Å². The number of hydrogen-bond donors (Lipinski definition) is 1. The minimum Gasteiger partial charge on any atom is -0.495 e. The minimum absolute atomic E-state index is 0.00364. The Kier molecular flexibility index (Phi) is 10.8. The molecule has 4 rings (SSSR count). The van der Waals surface area contributed by atoms with Crippen LogP contribution in [0.4, 0.5) is 5.69 Å². The van der Waals surface area contributed by atoms with Gasteiger partial charge in [0.25, 0.3) is 10.0 Å². The highest BCUT2D eigenvalue weighted by Crippen LogP contribution is 2.35. The molecule has 1 fully saturated rings. The number of anilines is 1. The van der Waals surface area contributed by atoms with Crippen molar-refractivity contribution < 1.29 is 22.7 Å². The van der Waals surface area contributed by atoms with Gasteiger partial charge in [-0.3, -0.25) is 13.9 Å². The number of methoxy groups -OCH3 is 1. The van der Waals surface area contributed by atoms with Crippen molar-refractivity contribution in [2.75, 3.05) is 18.0 Å². The smallest absolute Gasteiger partial charge is 0.264 e. The van der Waals surface area contributed by atoms with Gasteiger partial charge in [0.05, 0.1) is 17.7 Å². The fraction of sp³-hybridized carbons (Fsp3) is 0.355. The van der Waals surface area contributed by atoms with Crippen molar-refractivity contribution in [1.29, 1.82) is 0 Å². The number of ether oxygens (including phenoxy) is 1. The summed E-state index contributed by atoms with van der Waals surface area (Å²) in [5.41, 5.74) is 0.724. The summed E-state index contributed by atoms with van der Waals surface area (Å²) in [7, 11) is -2.86. The average Bonchev–Trinajstić information content (AvgIpc) is 2.99. The minimum atomic E-state index is -4.26. The van der Waals surface area contributed by atoms with Crippen LogP contribution in [0.1, 0.15) is 44.6 Å². The molecule has 1 atom stereocenters. The van der Waals surface area contributed by atoms with Crippen molar-refractivity contribution in [3.63, 3.8) is 0 Å². The zero-order valence-electron chi connectivity index (χ0n) is 23.6. The quantitative estimate of drug-likeness (QED) is 0.277. The summed E-state index contributed by atoms with van der Waals surface area (Å²) in [6, 6.07) is 18.5. The van der Waals surface area contributed by atoms with Crippen LogP contribution >= 0.6 is 23.2 Å². The molecule has 224 valence electrons. The summed E-state index contributed by atoms with van der Waals surface area (Å²) in [4.78, 5) is 29.0. The Morgan fingerprint density at radius 2 is 1.64 bits per heavy atom. The number of amides is 2. The summed E-state index contributed by atoms with van der Waals surface area (Å²) in [5.74, 6) is -0.685. The lowest BCUT2D eigenvalue weighted by molar-refractivity contribution is -0.139. The van der Waals surface area contributed by atoms with E-state index in [4.69, 9.17) is 27.9 Å². The second kappa shape index (κ2) is 14.3. The van der Waals surface area contributed by atoms with E-state index in [0.717, 1.165) is 36.4 Å². The first-order valence-electron chi connectivity index (χ1n) is 13.9. The maximum absolute atomic E-state index is 14.2. The highest BCUT2D eigenvalue weighted by molar-refractivity contribution is 7.92. The van der Waals surface area contributed by atoms with Crippen LogP contribution in [0.15, 0.2) is 77.7 Å². The van der Waals surface area contributed by atoms with Gasteiger partial charge >= 0.3 is 0 Å². The van der Waals surface area contributed by atoms with Gasteiger partial charge in [0.1, 0.15) is 18.3 Å². The van der Waals surface area contributed by atoms with Gasteiger partial charge in [0, 0.05) is 22.6 Å². The molecule has 0 aromatic heterocycles. The van der Waals surface area contributed by atoms with Gasteiger partial charge < -0.3 is 15.0 Å². The van der Waals surface area contributed by atoms with Crippen molar-refractivity contribution in [1.82, 2.24) is 10.2 Å². The van der Waals surface area contributed by atoms with E-state index in [1.54, 1.807) is 55.5 Å². The van der Waals surface area contributed by atoms with Crippen LogP contribution in [0.2, 0.25) is 10.0 Å². The standard InChI is InChI=1S/C31H35Cl2N3O5S/c1-22(31(38)34-25-12-5-3-6-13-25)35(20-23-11-9-10-16-27(23)33)30(37)21-36(28-19-24(32)17-18-29(28)41-2)42(39,40)26-14-7-4-8-15-26/h4,7-11,14-19,22,25H,3,5-6,12-13,20-21H2,1-2H3,(H,34,38). The van der Waals surface area contributed by atoms with Crippen molar-refractivity contribution in [2.45, 2.75) is 62.6 Å². The molecule has 11 heteroatoms. The first-order valence-corrected chi connectivity index (χ1v) is 16.1. The van der Waals surface area contributed by atoms with E-state index in [-0.39, 0.29) is 39.8 Å². The zero-order valence-corrected chi connectivity index (χ0v) is 26.0. The molecule has 3 aromatic rings. The topological polar surface area (TPSA) is 96.0 Å². The highest BCUT2D eigenvalue weighted by Gasteiger charge is 2.34. The van der Waals surface area contributed by atoms with Crippen molar-refractivity contribution in [3.05, 3.63) is 88.4 Å². The number of carbonyl (C=O) groups excluding carboxylic acids is 2. The maximum atomic E-state index is 14.2. The fourth-order valence-corrected chi connectivity index (χ4v) is 6.85. The number of nitrogens with zero attached hydrogens (tertiary/aromatic N) is 2. The van der Waals surface area contributed by atoms with Crippen molar-refractivity contribution in [2.24, 2.45) is 0 Å². The lowest BCUT2D eigenvalue weighted by Gasteiger charge is -2.33. The van der Waals surface area contributed by atoms with Crippen LogP contribution in [0.5, 0.6) is 5.75 Å². The van der Waals surface area contributed by atoms with E-state index in [2.05, 4.69) is 5.32 Å². The Morgan fingerprint density at radius 3 is 2.31 bits per heavy atom. The molecule has 1 aliphatic carbocycles. The number of sulfonamides is 1. The van der Waals surface area contributed by atoms with Crippen LogP contribution in [0.25, 0.3) is 0 Å². The van der Waals surface area contributed by atoms with E-state index in [1.165, 1.54) is 36.3 Å². The summed E-state index contributed by atoms with van der Waals surface area (Å²) in [6.07, 6.45) is 4.98. The van der Waals surface area contributed by atoms with Crippen molar-refractivity contribution in [3.8, 4) is 5.75 Å². The second-order valence-corrected chi connectivity index (χ2v) is 13.0. The van der Waals surface area contributed by atoms with E-state index < -0.39 is 28.5 Å². The summed E-state index contributed by atoms with van der Waals surface area (Å²) >= 11 is 12.7. The largest absolute Gasteiger partial charge is 0.495 e. The van der Waals surface area contributed by atoms with E-state index in [9.17, 15) is 18.0 Å². The molecule has 0 radical (unpaired) electrons. The Morgan fingerprint density at radius 1 is 0.976 bits per heavy atom. The van der Waals surface area contributed by atoms with Crippen LogP contribution < -0.4 is 14.4 Å². The van der Waals surface area contributed by atoms with E-state index in [0.29, 0.717) is 10.6 Å². The van der Waals surface area contributed by atoms with Gasteiger partial charge in [-0.1, -0.05) is 78.9 Å². The number of nitrogens with one attached hydrogen (secondary N) is 1. The predicted molar refractivity (Wildman–Crippen MR) is 165 cm³/mol. The normalized spacial score (nSPS) is 14.6. The highest BCUT2D eigenvalue weighted by atomic mass is 35.5. The lowest BCUT2D eigenvalue weighted by Crippen LogP contribution is -2.53. The van der Waals surface area contributed by atoms with Gasteiger partial charge in [-0.15, -0.1) is 0 Å². The number of carbonyl (C=O) groups is 2. The molecule has 1 unspecified atom stereocenters. The molecular weight excluding hydrogens is 597 g/mol. The molecule has 0 saturated heterocycles. The fourth-order valence-electron chi connectivity index (χ4n) is 5.05. The molecular formula is C31H35Cl2N3O5S. The number of rotatable bonds is 11. The van der Waals surface area contributed by atoms with Gasteiger partial charge in [-0.2, -0.15) is 0 Å². The third-order valence-corrected chi connectivity index (χ3v) is 9.81. The van der Waals surface area contributed by atoms with Gasteiger partial charge in [0.15, 0.2) is 0 Å². The Hall–Kier alpha value is -3.27. The molecule has 42 heavy (non-hydrogen) atoms. The summed E-state index contributed by atoms with van der Waals surface area (Å²) < 4.78 is 34.4. The zero-order chi connectivity index (χ0) is 30.3. The predicted octanol–water partition coefficient (Wildman–Crippen LogP) is 6.06. The number of hydrogen-bond acceptors (Lipinski definition) is 5. The summed E-state index contributed by atoms with van der Waals surface area (Å²) in [5, 5.41) is 3.78. The van der Waals surface area contributed by atoms with E-state index >= 15 is 0 Å². The van der Waals surface area contributed by atoms with E-state index in [1.807, 2.05) is 0 Å². The Balaban J connectivity index is 1.73. The summed E-state index contributed by atoms with van der Waals surface area (Å²) in [6.45, 7) is 1.03. The van der Waals surface area contributed by atoms with Crippen LogP contribution in [-0.2, 0) is 26.2 Å². The molecule has 1 N–H and O–H groups in total. The molecule has 0 heterocycles. The van der Waals surface area contributed by atoms with Crippen LogP contribution in [0, 0.1) is 0 Å². The average molecular weight is 633 g/mol. The number of benzene rings is 3. The molecule has 1 aliphatic rings. The van der Waals surface area contributed by atoms with Crippen molar-refractivity contribution >= 4 is 50.7 Å². The van der Waals surface area contributed by atoms with Gasteiger partial charge in [0.2, 0.25) is 11.8 Å². The first kappa shape index (κ1) is 31.7. The van der Waals surface area contributed by atoms with Crippen LogP contribution in [-0.4, -0.2) is 50.9 Å². The maximum Gasteiger partial charge on any atom is 0.264 e. The molecule has 0 aliphatic heterocycles. The second-order valence-electron chi connectivity index (χ2n) is 10.3. The SMILES string of the molecule is COc1ccc(Cl)cc1N(CC(=O)N(Cc1ccccc1Cl)C(C)C(=O)NC1CCCCC1)S(=O)(=O)c1ccccc1. The monoisotopic (exact) mass is 631 g/mol. The molecule has 2 amide bonds. The molecule has 1 saturated carbocycles. The molecule has 0 bridgehead atoms. The van der Waals surface area contributed by atoms with Crippen LogP contribution in [0.3, 0.4) is 0 Å². The lowest BCUT2D eigenvalue weighted by atomic mass is 9.95.